The third-order valence-corrected chi connectivity index (χ3v) is 7.25. The van der Waals surface area contributed by atoms with Crippen LogP contribution in [0.2, 0.25) is 0 Å². The predicted octanol–water partition coefficient (Wildman–Crippen LogP) is 6.26. The smallest absolute Gasteiger partial charge is 0.159 e. The van der Waals surface area contributed by atoms with Gasteiger partial charge >= 0.3 is 0 Å². The van der Waals surface area contributed by atoms with Crippen molar-refractivity contribution in [2.75, 3.05) is 13.1 Å². The zero-order chi connectivity index (χ0) is 21.9. The molecule has 1 atom stereocenters. The molecule has 0 bridgehead atoms. The Morgan fingerprint density at radius 3 is 2.62 bits per heavy atom. The minimum atomic E-state index is 0.392. The largest absolute Gasteiger partial charge is 0.298 e. The summed E-state index contributed by atoms with van der Waals surface area (Å²) in [7, 11) is 0. The highest BCUT2D eigenvalue weighted by molar-refractivity contribution is 7.11. The van der Waals surface area contributed by atoms with Crippen LogP contribution in [0.4, 0.5) is 0 Å². The van der Waals surface area contributed by atoms with Gasteiger partial charge in [0.05, 0.1) is 5.69 Å². The number of aryl methyl sites for hydroxylation is 2. The Morgan fingerprint density at radius 1 is 1.00 bits per heavy atom. The lowest BCUT2D eigenvalue weighted by atomic mass is 9.88. The van der Waals surface area contributed by atoms with Crippen LogP contribution in [0, 0.1) is 13.8 Å². The molecule has 5 heteroatoms. The van der Waals surface area contributed by atoms with Crippen molar-refractivity contribution >= 4 is 11.3 Å². The monoisotopic (exact) mass is 440 g/mol. The molecule has 1 aromatic carbocycles. The number of hydrogen-bond donors (Lipinski definition) is 0. The maximum Gasteiger partial charge on any atom is 0.159 e. The minimum absolute atomic E-state index is 0.392. The molecule has 1 fully saturated rings. The summed E-state index contributed by atoms with van der Waals surface area (Å²) in [5.74, 6) is 1.17. The summed E-state index contributed by atoms with van der Waals surface area (Å²) < 4.78 is 0. The SMILES string of the molecule is Cc1ccc(CN2CCC[C@@H](c3nc(-c4ccncc4)ncc3-c3ccccc3C)C2)s1. The van der Waals surface area contributed by atoms with Crippen LogP contribution < -0.4 is 0 Å². The van der Waals surface area contributed by atoms with E-state index in [1.165, 1.54) is 38.6 Å². The zero-order valence-electron chi connectivity index (χ0n) is 18.7. The Bertz CT molecular complexity index is 1200. The van der Waals surface area contributed by atoms with E-state index in [1.54, 1.807) is 12.4 Å². The fourth-order valence-electron chi connectivity index (χ4n) is 4.64. The first-order valence-electron chi connectivity index (χ1n) is 11.3. The standard InChI is InChI=1S/C27H28N4S/c1-19-6-3-4-8-24(19)25-16-29-27(21-11-13-28-14-12-21)30-26(25)22-7-5-15-31(17-22)18-23-10-9-20(2)32-23/h3-4,6,8-14,16,22H,5,7,15,17-18H2,1-2H3/t22-/m1/s1. The average Bonchev–Trinajstić information content (AvgIpc) is 3.24. The number of pyridine rings is 1. The molecule has 0 spiro atoms. The van der Waals surface area contributed by atoms with E-state index in [4.69, 9.17) is 9.97 Å². The summed E-state index contributed by atoms with van der Waals surface area (Å²) in [6.07, 6.45) is 7.99. The summed E-state index contributed by atoms with van der Waals surface area (Å²) in [6, 6.07) is 17.0. The molecule has 0 unspecified atom stereocenters. The summed E-state index contributed by atoms with van der Waals surface area (Å²) in [5.41, 5.74) is 5.85. The van der Waals surface area contributed by atoms with Gasteiger partial charge in [-0.25, -0.2) is 9.97 Å². The lowest BCUT2D eigenvalue weighted by Crippen LogP contribution is -2.34. The Morgan fingerprint density at radius 2 is 1.84 bits per heavy atom. The fourth-order valence-corrected chi connectivity index (χ4v) is 5.57. The van der Waals surface area contributed by atoms with Gasteiger partial charge in [0.15, 0.2) is 5.82 Å². The molecule has 0 aliphatic carbocycles. The number of rotatable bonds is 5. The van der Waals surface area contributed by atoms with Crippen LogP contribution in [0.25, 0.3) is 22.5 Å². The third-order valence-electron chi connectivity index (χ3n) is 6.26. The van der Waals surface area contributed by atoms with Crippen LogP contribution in [-0.4, -0.2) is 32.9 Å². The predicted molar refractivity (Wildman–Crippen MR) is 132 cm³/mol. The molecule has 32 heavy (non-hydrogen) atoms. The number of aromatic nitrogens is 3. The Hall–Kier alpha value is -2.89. The molecule has 4 aromatic rings. The molecule has 0 N–H and O–H groups in total. The van der Waals surface area contributed by atoms with Crippen LogP contribution >= 0.6 is 11.3 Å². The van der Waals surface area contributed by atoms with Crippen molar-refractivity contribution < 1.29 is 0 Å². The lowest BCUT2D eigenvalue weighted by Gasteiger charge is -2.33. The van der Waals surface area contributed by atoms with E-state index in [0.717, 1.165) is 37.4 Å². The number of piperidine rings is 1. The Labute approximate surface area is 194 Å². The van der Waals surface area contributed by atoms with E-state index in [0.29, 0.717) is 5.92 Å². The number of hydrogen-bond acceptors (Lipinski definition) is 5. The second-order valence-electron chi connectivity index (χ2n) is 8.63. The van der Waals surface area contributed by atoms with E-state index < -0.39 is 0 Å². The third kappa shape index (κ3) is 4.50. The van der Waals surface area contributed by atoms with Crippen LogP contribution in [0.1, 0.15) is 39.8 Å². The molecule has 162 valence electrons. The van der Waals surface area contributed by atoms with Crippen molar-refractivity contribution in [1.29, 1.82) is 0 Å². The van der Waals surface area contributed by atoms with Crippen LogP contribution in [0.15, 0.2) is 67.1 Å². The summed E-state index contributed by atoms with van der Waals surface area (Å²) in [6.45, 7) is 7.56. The molecule has 4 nitrogen and oxygen atoms in total. The first-order chi connectivity index (χ1) is 15.7. The first kappa shape index (κ1) is 21.0. The molecule has 1 saturated heterocycles. The quantitative estimate of drug-likeness (QED) is 0.367. The maximum atomic E-state index is 5.17. The van der Waals surface area contributed by atoms with Crippen molar-refractivity contribution in [3.05, 3.63) is 88.1 Å². The van der Waals surface area contributed by atoms with E-state index >= 15 is 0 Å². The average molecular weight is 441 g/mol. The number of nitrogens with zero attached hydrogens (tertiary/aromatic N) is 4. The van der Waals surface area contributed by atoms with Gasteiger partial charge < -0.3 is 0 Å². The molecule has 3 aromatic heterocycles. The Kier molecular flexibility index (Phi) is 6.10. The zero-order valence-corrected chi connectivity index (χ0v) is 19.5. The van der Waals surface area contributed by atoms with Crippen molar-refractivity contribution in [2.24, 2.45) is 0 Å². The second kappa shape index (κ2) is 9.31. The van der Waals surface area contributed by atoms with E-state index in [1.807, 2.05) is 29.7 Å². The highest BCUT2D eigenvalue weighted by Crippen LogP contribution is 2.36. The number of benzene rings is 1. The van der Waals surface area contributed by atoms with Gasteiger partial charge in [-0.2, -0.15) is 0 Å². The molecular formula is C27H28N4S. The number of likely N-dealkylation sites (tertiary alicyclic amines) is 1. The van der Waals surface area contributed by atoms with Crippen molar-refractivity contribution in [1.82, 2.24) is 19.9 Å². The van der Waals surface area contributed by atoms with Gasteiger partial charge in [-0.15, -0.1) is 11.3 Å². The summed E-state index contributed by atoms with van der Waals surface area (Å²) in [5, 5.41) is 0. The topological polar surface area (TPSA) is 41.9 Å². The van der Waals surface area contributed by atoms with E-state index in [2.05, 4.69) is 60.1 Å². The van der Waals surface area contributed by atoms with Crippen LogP contribution in [0.5, 0.6) is 0 Å². The van der Waals surface area contributed by atoms with Crippen LogP contribution in [-0.2, 0) is 6.54 Å². The van der Waals surface area contributed by atoms with Gasteiger partial charge in [-0.05, 0) is 68.6 Å². The van der Waals surface area contributed by atoms with Crippen molar-refractivity contribution in [3.8, 4) is 22.5 Å². The normalized spacial score (nSPS) is 16.9. The van der Waals surface area contributed by atoms with E-state index in [9.17, 15) is 0 Å². The molecule has 1 aliphatic rings. The Balaban J connectivity index is 1.52. The minimum Gasteiger partial charge on any atom is -0.298 e. The molecular weight excluding hydrogens is 412 g/mol. The molecule has 5 rings (SSSR count). The van der Waals surface area contributed by atoms with Gasteiger partial charge in [0.2, 0.25) is 0 Å². The maximum absolute atomic E-state index is 5.17. The summed E-state index contributed by atoms with van der Waals surface area (Å²) in [4.78, 5) is 19.5. The second-order valence-corrected chi connectivity index (χ2v) is 10.0. The van der Waals surface area contributed by atoms with Gasteiger partial charge in [-0.3, -0.25) is 9.88 Å². The van der Waals surface area contributed by atoms with Gasteiger partial charge in [0.1, 0.15) is 0 Å². The molecule has 1 aliphatic heterocycles. The van der Waals surface area contributed by atoms with Crippen molar-refractivity contribution in [2.45, 2.75) is 39.2 Å². The molecule has 0 saturated carbocycles. The first-order valence-corrected chi connectivity index (χ1v) is 12.1. The lowest BCUT2D eigenvalue weighted by molar-refractivity contribution is 0.200. The van der Waals surface area contributed by atoms with E-state index in [-0.39, 0.29) is 0 Å². The molecule has 0 amide bonds. The van der Waals surface area contributed by atoms with Gasteiger partial charge in [0.25, 0.3) is 0 Å². The van der Waals surface area contributed by atoms with Gasteiger partial charge in [-0.1, -0.05) is 24.3 Å². The highest BCUT2D eigenvalue weighted by atomic mass is 32.1. The fraction of sp³-hybridized carbons (Fsp3) is 0.296. The number of thiophene rings is 1. The molecule has 0 radical (unpaired) electrons. The molecule has 4 heterocycles. The highest BCUT2D eigenvalue weighted by Gasteiger charge is 2.26. The summed E-state index contributed by atoms with van der Waals surface area (Å²) >= 11 is 1.91. The van der Waals surface area contributed by atoms with Crippen molar-refractivity contribution in [3.63, 3.8) is 0 Å². The van der Waals surface area contributed by atoms with Gasteiger partial charge in [0, 0.05) is 58.5 Å². The van der Waals surface area contributed by atoms with Crippen LogP contribution in [0.3, 0.4) is 0 Å².